The summed E-state index contributed by atoms with van der Waals surface area (Å²) < 4.78 is 11.7. The van der Waals surface area contributed by atoms with Crippen LogP contribution in [-0.2, 0) is 9.53 Å². The lowest BCUT2D eigenvalue weighted by atomic mass is 9.96. The molecule has 1 rings (SSSR count). The van der Waals surface area contributed by atoms with Crippen molar-refractivity contribution < 1.29 is 14.3 Å². The Bertz CT molecular complexity index is 639. The number of anilines is 1. The van der Waals surface area contributed by atoms with Crippen molar-refractivity contribution in [3.05, 3.63) is 23.8 Å². The van der Waals surface area contributed by atoms with Gasteiger partial charge in [-0.15, -0.1) is 0 Å². The molecule has 0 heterocycles. The van der Waals surface area contributed by atoms with Gasteiger partial charge in [-0.25, -0.2) is 0 Å². The smallest absolute Gasteiger partial charge is 0.256 e. The van der Waals surface area contributed by atoms with Crippen molar-refractivity contribution in [2.45, 2.75) is 84.8 Å². The predicted octanol–water partition coefficient (Wildman–Crippen LogP) is 5.44. The maximum Gasteiger partial charge on any atom is 0.256 e. The van der Waals surface area contributed by atoms with Crippen LogP contribution in [0.3, 0.4) is 0 Å². The van der Waals surface area contributed by atoms with E-state index in [2.05, 4.69) is 18.3 Å². The van der Waals surface area contributed by atoms with Crippen molar-refractivity contribution in [1.82, 2.24) is 0 Å². The second-order valence-corrected chi connectivity index (χ2v) is 7.15. The first kappa shape index (κ1) is 23.0. The highest BCUT2D eigenvalue weighted by Gasteiger charge is 2.34. The molecular weight excluding hydrogens is 340 g/mol. The monoisotopic (exact) mass is 374 g/mol. The summed E-state index contributed by atoms with van der Waals surface area (Å²) in [5.74, 6) is 0.422. The molecule has 0 spiro atoms. The molecular formula is C22H34N2O3. The van der Waals surface area contributed by atoms with Crippen LogP contribution < -0.4 is 10.1 Å². The standard InChI is InChI=1S/C22H34N2O3/c1-6-9-10-13-22(5,26-14-7-2)21(25)24-20-12-11-19(15-18(20)16-23)27-17(4)8-3/h11-12,15,17H,6-10,13-14H2,1-5H3,(H,24,25)/t17-,22-/m1/s1. The molecule has 5 nitrogen and oxygen atoms in total. The minimum absolute atomic E-state index is 0.0706. The fourth-order valence-corrected chi connectivity index (χ4v) is 2.66. The van der Waals surface area contributed by atoms with E-state index in [1.54, 1.807) is 18.2 Å². The van der Waals surface area contributed by atoms with E-state index >= 15 is 0 Å². The molecule has 1 N–H and O–H groups in total. The van der Waals surface area contributed by atoms with E-state index in [9.17, 15) is 10.1 Å². The lowest BCUT2D eigenvalue weighted by Crippen LogP contribution is -2.43. The van der Waals surface area contributed by atoms with Crippen molar-refractivity contribution >= 4 is 11.6 Å². The number of amides is 1. The number of hydrogen-bond donors (Lipinski definition) is 1. The van der Waals surface area contributed by atoms with Gasteiger partial charge in [0.2, 0.25) is 0 Å². The molecule has 150 valence electrons. The summed E-state index contributed by atoms with van der Waals surface area (Å²) in [5.41, 5.74) is -0.0274. The summed E-state index contributed by atoms with van der Waals surface area (Å²) in [7, 11) is 0. The van der Waals surface area contributed by atoms with E-state index in [-0.39, 0.29) is 12.0 Å². The zero-order valence-corrected chi connectivity index (χ0v) is 17.4. The highest BCUT2D eigenvalue weighted by atomic mass is 16.5. The Labute approximate surface area is 164 Å². The van der Waals surface area contributed by atoms with Crippen molar-refractivity contribution in [1.29, 1.82) is 5.26 Å². The third-order valence-corrected chi connectivity index (χ3v) is 4.63. The molecule has 0 unspecified atom stereocenters. The second kappa shape index (κ2) is 11.6. The van der Waals surface area contributed by atoms with Gasteiger partial charge in [-0.3, -0.25) is 4.79 Å². The molecule has 0 aliphatic carbocycles. The Morgan fingerprint density at radius 3 is 2.59 bits per heavy atom. The summed E-state index contributed by atoms with van der Waals surface area (Å²) in [6, 6.07) is 7.32. The maximum atomic E-state index is 12.9. The van der Waals surface area contributed by atoms with Gasteiger partial charge in [0.05, 0.1) is 17.4 Å². The van der Waals surface area contributed by atoms with Crippen LogP contribution >= 0.6 is 0 Å². The zero-order chi connectivity index (χ0) is 20.3. The third-order valence-electron chi connectivity index (χ3n) is 4.63. The lowest BCUT2D eigenvalue weighted by molar-refractivity contribution is -0.140. The van der Waals surface area contributed by atoms with Crippen LogP contribution in [0, 0.1) is 11.3 Å². The van der Waals surface area contributed by atoms with Gasteiger partial charge in [0, 0.05) is 12.7 Å². The van der Waals surface area contributed by atoms with Gasteiger partial charge in [-0.1, -0.05) is 40.0 Å². The fraction of sp³-hybridized carbons (Fsp3) is 0.636. The molecule has 2 atom stereocenters. The SMILES string of the molecule is CCCCC[C@@](C)(OCCC)C(=O)Nc1ccc(O[C@H](C)CC)cc1C#N. The molecule has 0 aliphatic rings. The first-order valence-corrected chi connectivity index (χ1v) is 10.1. The molecule has 1 aromatic rings. The number of rotatable bonds is 12. The molecule has 0 aromatic heterocycles. The zero-order valence-electron chi connectivity index (χ0n) is 17.4. The van der Waals surface area contributed by atoms with Gasteiger partial charge in [0.25, 0.3) is 5.91 Å². The Hall–Kier alpha value is -2.06. The number of benzene rings is 1. The largest absolute Gasteiger partial charge is 0.491 e. The molecule has 0 saturated carbocycles. The van der Waals surface area contributed by atoms with Crippen LogP contribution in [0.5, 0.6) is 5.75 Å². The highest BCUT2D eigenvalue weighted by molar-refractivity contribution is 5.98. The van der Waals surface area contributed by atoms with Crippen LogP contribution in [0.15, 0.2) is 18.2 Å². The number of ether oxygens (including phenoxy) is 2. The molecule has 0 fully saturated rings. The molecule has 0 saturated heterocycles. The van der Waals surface area contributed by atoms with E-state index in [0.29, 0.717) is 30.0 Å². The van der Waals surface area contributed by atoms with Gasteiger partial charge in [0.1, 0.15) is 17.4 Å². The van der Waals surface area contributed by atoms with Gasteiger partial charge in [-0.2, -0.15) is 5.26 Å². The Kier molecular flexibility index (Phi) is 9.88. The number of unbranched alkanes of at least 4 members (excludes halogenated alkanes) is 2. The fourth-order valence-electron chi connectivity index (χ4n) is 2.66. The number of nitriles is 1. The summed E-state index contributed by atoms with van der Waals surface area (Å²) in [6.07, 6.45) is 5.53. The average Bonchev–Trinajstić information content (AvgIpc) is 2.67. The highest BCUT2D eigenvalue weighted by Crippen LogP contribution is 2.26. The summed E-state index contributed by atoms with van der Waals surface area (Å²) >= 11 is 0. The van der Waals surface area contributed by atoms with Crippen molar-refractivity contribution in [3.8, 4) is 11.8 Å². The van der Waals surface area contributed by atoms with E-state index in [1.807, 2.05) is 27.7 Å². The van der Waals surface area contributed by atoms with Crippen LogP contribution in [0.25, 0.3) is 0 Å². The third kappa shape index (κ3) is 7.22. The van der Waals surface area contributed by atoms with E-state index in [0.717, 1.165) is 32.1 Å². The minimum atomic E-state index is -0.899. The van der Waals surface area contributed by atoms with Crippen LogP contribution in [0.4, 0.5) is 5.69 Å². The molecule has 0 aliphatic heterocycles. The summed E-state index contributed by atoms with van der Waals surface area (Å²) in [6.45, 7) is 10.5. The van der Waals surface area contributed by atoms with Gasteiger partial charge in [-0.05, 0) is 45.2 Å². The van der Waals surface area contributed by atoms with E-state index in [4.69, 9.17) is 9.47 Å². The topological polar surface area (TPSA) is 71.3 Å². The molecule has 0 bridgehead atoms. The van der Waals surface area contributed by atoms with Crippen molar-refractivity contribution in [2.75, 3.05) is 11.9 Å². The lowest BCUT2D eigenvalue weighted by Gasteiger charge is -2.29. The minimum Gasteiger partial charge on any atom is -0.491 e. The number of carbonyl (C=O) groups is 1. The van der Waals surface area contributed by atoms with Gasteiger partial charge >= 0.3 is 0 Å². The molecule has 27 heavy (non-hydrogen) atoms. The number of nitrogens with one attached hydrogen (secondary N) is 1. The molecule has 1 aromatic carbocycles. The quantitative estimate of drug-likeness (QED) is 0.495. The second-order valence-electron chi connectivity index (χ2n) is 7.15. The van der Waals surface area contributed by atoms with Crippen molar-refractivity contribution in [3.63, 3.8) is 0 Å². The molecule has 0 radical (unpaired) electrons. The summed E-state index contributed by atoms with van der Waals surface area (Å²) in [5, 5.41) is 12.4. The van der Waals surface area contributed by atoms with Crippen LogP contribution in [0.1, 0.15) is 78.7 Å². The molecule has 5 heteroatoms. The maximum absolute atomic E-state index is 12.9. The number of carbonyl (C=O) groups excluding carboxylic acids is 1. The molecule has 1 amide bonds. The summed E-state index contributed by atoms with van der Waals surface area (Å²) in [4.78, 5) is 12.9. The number of hydrogen-bond acceptors (Lipinski definition) is 4. The van der Waals surface area contributed by atoms with Gasteiger partial charge in [0.15, 0.2) is 0 Å². The van der Waals surface area contributed by atoms with E-state index < -0.39 is 5.60 Å². The Morgan fingerprint density at radius 1 is 1.26 bits per heavy atom. The van der Waals surface area contributed by atoms with E-state index in [1.165, 1.54) is 0 Å². The first-order valence-electron chi connectivity index (χ1n) is 10.1. The predicted molar refractivity (Wildman–Crippen MR) is 109 cm³/mol. The average molecular weight is 375 g/mol. The first-order chi connectivity index (χ1) is 12.9. The Morgan fingerprint density at radius 2 is 2.00 bits per heavy atom. The number of nitrogens with zero attached hydrogens (tertiary/aromatic N) is 1. The Balaban J connectivity index is 2.94. The normalized spacial score (nSPS) is 14.1. The van der Waals surface area contributed by atoms with Crippen LogP contribution in [0.2, 0.25) is 0 Å². The van der Waals surface area contributed by atoms with Crippen LogP contribution in [-0.4, -0.2) is 24.2 Å². The van der Waals surface area contributed by atoms with Gasteiger partial charge < -0.3 is 14.8 Å². The van der Waals surface area contributed by atoms with Crippen molar-refractivity contribution in [2.24, 2.45) is 0 Å².